The molecule has 2 nitrogen and oxygen atoms in total. The van der Waals surface area contributed by atoms with E-state index in [1.165, 1.54) is 16.3 Å². The highest BCUT2D eigenvalue weighted by Crippen LogP contribution is 2.26. The summed E-state index contributed by atoms with van der Waals surface area (Å²) in [5, 5.41) is 3.18. The summed E-state index contributed by atoms with van der Waals surface area (Å²) in [4.78, 5) is 3.47. The van der Waals surface area contributed by atoms with Crippen LogP contribution in [-0.2, 0) is 13.0 Å². The van der Waals surface area contributed by atoms with Gasteiger partial charge in [0.05, 0.1) is 0 Å². The molecule has 0 saturated carbocycles. The fourth-order valence-electron chi connectivity index (χ4n) is 3.12. The molecule has 24 heavy (non-hydrogen) atoms. The van der Waals surface area contributed by atoms with Crippen LogP contribution in [0.3, 0.4) is 0 Å². The van der Waals surface area contributed by atoms with E-state index in [-0.39, 0.29) is 17.0 Å². The van der Waals surface area contributed by atoms with Crippen molar-refractivity contribution in [1.29, 1.82) is 0 Å². The Labute approximate surface area is 156 Å². The maximum absolute atomic E-state index is 6.11. The molecule has 0 saturated heterocycles. The first-order chi connectivity index (χ1) is 11.3. The molecule has 0 bridgehead atoms. The van der Waals surface area contributed by atoms with Crippen LogP contribution in [0, 0.1) is 0 Å². The third-order valence-corrected chi connectivity index (χ3v) is 4.52. The Bertz CT molecular complexity index is 963. The second-order valence-electron chi connectivity index (χ2n) is 5.91. The molecular formula is C20H18BrClN2. The number of nitrogens with one attached hydrogen (secondary N) is 1. The molecule has 2 aromatic carbocycles. The number of pyridine rings is 1. The number of halogens is 2. The largest absolute Gasteiger partial charge is 1.00 e. The number of aromatic amines is 1. The molecule has 4 aromatic rings. The van der Waals surface area contributed by atoms with Crippen LogP contribution in [0.2, 0.25) is 5.02 Å². The smallest absolute Gasteiger partial charge is 0.193 e. The van der Waals surface area contributed by atoms with Crippen molar-refractivity contribution in [2.24, 2.45) is 0 Å². The number of hydrogen-bond donors (Lipinski definition) is 1. The first kappa shape index (κ1) is 17.0. The molecule has 0 amide bonds. The highest BCUT2D eigenvalue weighted by molar-refractivity contribution is 6.31. The summed E-state index contributed by atoms with van der Waals surface area (Å²) in [6.07, 6.45) is 6.58. The number of H-pyrrole nitrogens is 1. The summed E-state index contributed by atoms with van der Waals surface area (Å²) in [7, 11) is 0. The van der Waals surface area contributed by atoms with Gasteiger partial charge >= 0.3 is 0 Å². The predicted octanol–water partition coefficient (Wildman–Crippen LogP) is 1.90. The second-order valence-corrected chi connectivity index (χ2v) is 6.35. The minimum Gasteiger partial charge on any atom is -1.00 e. The molecule has 0 radical (unpaired) electrons. The van der Waals surface area contributed by atoms with E-state index in [4.69, 9.17) is 11.6 Å². The molecule has 0 aliphatic rings. The lowest BCUT2D eigenvalue weighted by Crippen LogP contribution is -3.00. The zero-order valence-corrected chi connectivity index (χ0v) is 15.5. The van der Waals surface area contributed by atoms with Gasteiger partial charge in [-0.3, -0.25) is 0 Å². The van der Waals surface area contributed by atoms with E-state index < -0.39 is 0 Å². The van der Waals surface area contributed by atoms with Gasteiger partial charge in [0.1, 0.15) is 12.1 Å². The Balaban J connectivity index is 0.00000169. The number of fused-ring (bicyclic) bond motifs is 3. The van der Waals surface area contributed by atoms with Crippen molar-refractivity contribution in [3.05, 3.63) is 77.6 Å². The van der Waals surface area contributed by atoms with Crippen molar-refractivity contribution < 1.29 is 21.5 Å². The molecule has 0 aliphatic carbocycles. The summed E-state index contributed by atoms with van der Waals surface area (Å²) in [5.41, 5.74) is 3.69. The van der Waals surface area contributed by atoms with E-state index in [1.807, 2.05) is 18.2 Å². The minimum atomic E-state index is 0. The van der Waals surface area contributed by atoms with Crippen LogP contribution in [0.15, 0.2) is 67.0 Å². The molecular weight excluding hydrogens is 384 g/mol. The molecule has 4 heteroatoms. The molecule has 0 fully saturated rings. The monoisotopic (exact) mass is 400 g/mol. The van der Waals surface area contributed by atoms with Crippen LogP contribution in [0.4, 0.5) is 0 Å². The van der Waals surface area contributed by atoms with Crippen molar-refractivity contribution >= 4 is 33.4 Å². The van der Waals surface area contributed by atoms with E-state index >= 15 is 0 Å². The van der Waals surface area contributed by atoms with Crippen LogP contribution in [-0.4, -0.2) is 4.98 Å². The lowest BCUT2D eigenvalue weighted by molar-refractivity contribution is -0.696. The summed E-state index contributed by atoms with van der Waals surface area (Å²) in [6, 6.07) is 18.8. The van der Waals surface area contributed by atoms with Gasteiger partial charge in [-0.05, 0) is 30.2 Å². The van der Waals surface area contributed by atoms with Crippen molar-refractivity contribution in [1.82, 2.24) is 4.98 Å². The lowest BCUT2D eigenvalue weighted by Gasteiger charge is -1.99. The van der Waals surface area contributed by atoms with E-state index in [0.717, 1.165) is 35.4 Å². The van der Waals surface area contributed by atoms with Gasteiger partial charge in [-0.1, -0.05) is 41.9 Å². The number of rotatable bonds is 4. The fraction of sp³-hybridized carbons (Fsp3) is 0.150. The Hall–Kier alpha value is -1.84. The highest BCUT2D eigenvalue weighted by atomic mass is 79.9. The van der Waals surface area contributed by atoms with Gasteiger partial charge in [-0.2, -0.15) is 0 Å². The molecule has 0 aliphatic heterocycles. The van der Waals surface area contributed by atoms with E-state index in [0.29, 0.717) is 0 Å². The van der Waals surface area contributed by atoms with Crippen LogP contribution < -0.4 is 21.5 Å². The standard InChI is InChI=1S/C20H17ClN2.BrH/c21-16-8-9-19-18(13-16)17-10-12-23(14-20(17)22-19)11-4-7-15-5-2-1-3-6-15;/h1-3,5-6,8-10,12-14H,4,7,11H2;1H. The van der Waals surface area contributed by atoms with Gasteiger partial charge in [0.25, 0.3) is 0 Å². The molecule has 0 spiro atoms. The van der Waals surface area contributed by atoms with Crippen LogP contribution in [0.1, 0.15) is 12.0 Å². The lowest BCUT2D eigenvalue weighted by atomic mass is 10.1. The normalized spacial score (nSPS) is 10.9. The van der Waals surface area contributed by atoms with Gasteiger partial charge in [0.2, 0.25) is 0 Å². The van der Waals surface area contributed by atoms with E-state index in [1.54, 1.807) is 0 Å². The number of benzene rings is 2. The molecule has 0 atom stereocenters. The van der Waals surface area contributed by atoms with Gasteiger partial charge < -0.3 is 22.0 Å². The number of hydrogen-bond acceptors (Lipinski definition) is 0. The fourth-order valence-corrected chi connectivity index (χ4v) is 3.29. The predicted molar refractivity (Wildman–Crippen MR) is 95.8 cm³/mol. The summed E-state index contributed by atoms with van der Waals surface area (Å²) in [5.74, 6) is 0. The van der Waals surface area contributed by atoms with Gasteiger partial charge in [0, 0.05) is 33.8 Å². The first-order valence-electron chi connectivity index (χ1n) is 7.93. The summed E-state index contributed by atoms with van der Waals surface area (Å²) in [6.45, 7) is 1.01. The van der Waals surface area contributed by atoms with Crippen molar-refractivity contribution in [3.8, 4) is 0 Å². The maximum atomic E-state index is 6.11. The molecule has 1 N–H and O–H groups in total. The summed E-state index contributed by atoms with van der Waals surface area (Å²) >= 11 is 6.11. The van der Waals surface area contributed by atoms with Crippen LogP contribution in [0.25, 0.3) is 21.8 Å². The van der Waals surface area contributed by atoms with E-state index in [9.17, 15) is 0 Å². The zero-order valence-electron chi connectivity index (χ0n) is 13.2. The van der Waals surface area contributed by atoms with Gasteiger partial charge in [-0.15, -0.1) is 0 Å². The quantitative estimate of drug-likeness (QED) is 0.504. The van der Waals surface area contributed by atoms with Gasteiger partial charge in [-0.25, -0.2) is 4.57 Å². The molecule has 0 unspecified atom stereocenters. The van der Waals surface area contributed by atoms with Crippen LogP contribution in [0.5, 0.6) is 0 Å². The SMILES string of the molecule is Clc1ccc2[nH]c3c[n+](CCCc4ccccc4)ccc3c2c1.[Br-]. The van der Waals surface area contributed by atoms with Crippen molar-refractivity contribution in [3.63, 3.8) is 0 Å². The minimum absolute atomic E-state index is 0. The number of nitrogens with zero attached hydrogens (tertiary/aromatic N) is 1. The molecule has 4 rings (SSSR count). The Morgan fingerprint density at radius 2 is 1.75 bits per heavy atom. The van der Waals surface area contributed by atoms with Crippen LogP contribution >= 0.6 is 11.6 Å². The Kier molecular flexibility index (Phi) is 5.22. The van der Waals surface area contributed by atoms with Crippen molar-refractivity contribution in [2.75, 3.05) is 0 Å². The Morgan fingerprint density at radius 1 is 0.917 bits per heavy atom. The third-order valence-electron chi connectivity index (χ3n) is 4.28. The first-order valence-corrected chi connectivity index (χ1v) is 8.31. The van der Waals surface area contributed by atoms with Crippen molar-refractivity contribution in [2.45, 2.75) is 19.4 Å². The highest BCUT2D eigenvalue weighted by Gasteiger charge is 2.09. The number of aromatic nitrogens is 2. The average Bonchev–Trinajstić information content (AvgIpc) is 2.93. The Morgan fingerprint density at radius 3 is 2.58 bits per heavy atom. The number of aryl methyl sites for hydroxylation is 2. The molecule has 2 aromatic heterocycles. The summed E-state index contributed by atoms with van der Waals surface area (Å²) < 4.78 is 2.25. The molecule has 2 heterocycles. The maximum Gasteiger partial charge on any atom is 0.193 e. The third kappa shape index (κ3) is 3.47. The zero-order chi connectivity index (χ0) is 15.6. The second kappa shape index (κ2) is 7.37. The van der Waals surface area contributed by atoms with E-state index in [2.05, 4.69) is 58.3 Å². The average molecular weight is 402 g/mol. The topological polar surface area (TPSA) is 19.7 Å². The van der Waals surface area contributed by atoms with Gasteiger partial charge in [0.15, 0.2) is 12.4 Å². The molecule has 122 valence electrons.